The van der Waals surface area contributed by atoms with E-state index in [9.17, 15) is 9.90 Å². The Morgan fingerprint density at radius 1 is 1.67 bits per heavy atom. The standard InChI is InChI=1S/C10H16N2O3/c1-7(13)3-9(10(14)15)4-8-5-11-12(2)6-8/h5-7,9,13H,3-4H2,1-2H3,(H,14,15). The van der Waals surface area contributed by atoms with Crippen molar-refractivity contribution in [2.75, 3.05) is 0 Å². The maximum Gasteiger partial charge on any atom is 0.306 e. The van der Waals surface area contributed by atoms with Crippen molar-refractivity contribution >= 4 is 5.97 Å². The van der Waals surface area contributed by atoms with Gasteiger partial charge in [-0.2, -0.15) is 5.10 Å². The van der Waals surface area contributed by atoms with Gasteiger partial charge in [0.2, 0.25) is 0 Å². The van der Waals surface area contributed by atoms with Gasteiger partial charge in [-0.15, -0.1) is 0 Å². The van der Waals surface area contributed by atoms with Crippen LogP contribution in [0.1, 0.15) is 18.9 Å². The number of hydrogen-bond donors (Lipinski definition) is 2. The lowest BCUT2D eigenvalue weighted by atomic mass is 9.96. The zero-order chi connectivity index (χ0) is 11.4. The molecule has 5 nitrogen and oxygen atoms in total. The molecular formula is C10H16N2O3. The van der Waals surface area contributed by atoms with Crippen LogP contribution in [0.2, 0.25) is 0 Å². The molecule has 2 unspecified atom stereocenters. The number of aliphatic carboxylic acids is 1. The molecule has 84 valence electrons. The third-order valence-corrected chi connectivity index (χ3v) is 2.22. The third-order valence-electron chi connectivity index (χ3n) is 2.22. The van der Waals surface area contributed by atoms with Crippen LogP contribution in [-0.4, -0.2) is 32.1 Å². The second kappa shape index (κ2) is 4.93. The number of rotatable bonds is 5. The van der Waals surface area contributed by atoms with Gasteiger partial charge >= 0.3 is 5.97 Å². The van der Waals surface area contributed by atoms with Crippen molar-refractivity contribution in [1.29, 1.82) is 0 Å². The van der Waals surface area contributed by atoms with E-state index in [-0.39, 0.29) is 6.42 Å². The van der Waals surface area contributed by atoms with Gasteiger partial charge in [-0.3, -0.25) is 9.48 Å². The highest BCUT2D eigenvalue weighted by Crippen LogP contribution is 2.14. The number of aliphatic hydroxyl groups is 1. The highest BCUT2D eigenvalue weighted by Gasteiger charge is 2.20. The molecule has 0 aliphatic rings. The Bertz CT molecular complexity index is 333. The van der Waals surface area contributed by atoms with E-state index in [1.807, 2.05) is 0 Å². The maximum atomic E-state index is 10.9. The van der Waals surface area contributed by atoms with Gasteiger partial charge in [-0.1, -0.05) is 0 Å². The minimum absolute atomic E-state index is 0.268. The van der Waals surface area contributed by atoms with Crippen LogP contribution >= 0.6 is 0 Å². The van der Waals surface area contributed by atoms with Crippen molar-refractivity contribution < 1.29 is 15.0 Å². The first-order valence-electron chi connectivity index (χ1n) is 4.87. The number of carbonyl (C=O) groups is 1. The molecular weight excluding hydrogens is 196 g/mol. The summed E-state index contributed by atoms with van der Waals surface area (Å²) in [4.78, 5) is 10.9. The Kier molecular flexibility index (Phi) is 3.85. The Hall–Kier alpha value is -1.36. The van der Waals surface area contributed by atoms with Gasteiger partial charge in [0, 0.05) is 13.2 Å². The van der Waals surface area contributed by atoms with Crippen molar-refractivity contribution in [2.45, 2.75) is 25.9 Å². The van der Waals surface area contributed by atoms with Gasteiger partial charge in [-0.25, -0.2) is 0 Å². The molecule has 0 saturated carbocycles. The molecule has 0 radical (unpaired) electrons. The minimum Gasteiger partial charge on any atom is -0.481 e. The van der Waals surface area contributed by atoms with Gasteiger partial charge in [0.25, 0.3) is 0 Å². The molecule has 0 amide bonds. The number of aromatic nitrogens is 2. The number of aliphatic hydroxyl groups excluding tert-OH is 1. The van der Waals surface area contributed by atoms with Gasteiger partial charge < -0.3 is 10.2 Å². The van der Waals surface area contributed by atoms with Gasteiger partial charge in [-0.05, 0) is 25.3 Å². The highest BCUT2D eigenvalue weighted by atomic mass is 16.4. The fourth-order valence-electron chi connectivity index (χ4n) is 1.55. The molecule has 0 aliphatic carbocycles. The third kappa shape index (κ3) is 3.71. The first-order valence-corrected chi connectivity index (χ1v) is 4.87. The summed E-state index contributed by atoms with van der Waals surface area (Å²) in [5, 5.41) is 22.1. The van der Waals surface area contributed by atoms with E-state index in [2.05, 4.69) is 5.10 Å². The summed E-state index contributed by atoms with van der Waals surface area (Å²) in [6.45, 7) is 1.60. The number of aryl methyl sites for hydroxylation is 1. The number of carboxylic acids is 1. The molecule has 0 bridgehead atoms. The van der Waals surface area contributed by atoms with Crippen molar-refractivity contribution in [3.63, 3.8) is 0 Å². The van der Waals surface area contributed by atoms with Crippen LogP contribution in [-0.2, 0) is 18.3 Å². The Morgan fingerprint density at radius 2 is 2.33 bits per heavy atom. The number of carboxylic acid groups (broad SMARTS) is 1. The van der Waals surface area contributed by atoms with Crippen LogP contribution in [0, 0.1) is 5.92 Å². The zero-order valence-electron chi connectivity index (χ0n) is 8.92. The topological polar surface area (TPSA) is 75.4 Å². The lowest BCUT2D eigenvalue weighted by Gasteiger charge is -2.12. The first-order chi connectivity index (χ1) is 6.99. The van der Waals surface area contributed by atoms with Crippen LogP contribution in [0.3, 0.4) is 0 Å². The lowest BCUT2D eigenvalue weighted by molar-refractivity contribution is -0.142. The molecule has 0 fully saturated rings. The van der Waals surface area contributed by atoms with E-state index in [1.165, 1.54) is 0 Å². The average Bonchev–Trinajstić information content (AvgIpc) is 2.49. The van der Waals surface area contributed by atoms with E-state index in [0.717, 1.165) is 5.56 Å². The first kappa shape index (κ1) is 11.7. The van der Waals surface area contributed by atoms with E-state index in [0.29, 0.717) is 6.42 Å². The molecule has 0 saturated heterocycles. The summed E-state index contributed by atoms with van der Waals surface area (Å²) in [5.41, 5.74) is 0.880. The van der Waals surface area contributed by atoms with Gasteiger partial charge in [0.1, 0.15) is 0 Å². The molecule has 2 atom stereocenters. The fraction of sp³-hybridized carbons (Fsp3) is 0.600. The summed E-state index contributed by atoms with van der Waals surface area (Å²) in [7, 11) is 1.79. The van der Waals surface area contributed by atoms with Crippen molar-refractivity contribution in [1.82, 2.24) is 9.78 Å². The normalized spacial score (nSPS) is 14.9. The summed E-state index contributed by atoms with van der Waals surface area (Å²) >= 11 is 0. The molecule has 2 N–H and O–H groups in total. The molecule has 15 heavy (non-hydrogen) atoms. The SMILES string of the molecule is CC(O)CC(Cc1cnn(C)c1)C(=O)O. The highest BCUT2D eigenvalue weighted by molar-refractivity contribution is 5.70. The Morgan fingerprint density at radius 3 is 2.73 bits per heavy atom. The summed E-state index contributed by atoms with van der Waals surface area (Å²) in [5.74, 6) is -1.42. The van der Waals surface area contributed by atoms with E-state index in [1.54, 1.807) is 31.0 Å². The monoisotopic (exact) mass is 212 g/mol. The fourth-order valence-corrected chi connectivity index (χ4v) is 1.55. The molecule has 1 aromatic heterocycles. The van der Waals surface area contributed by atoms with Crippen molar-refractivity contribution in [3.05, 3.63) is 18.0 Å². The largest absolute Gasteiger partial charge is 0.481 e. The molecule has 5 heteroatoms. The molecule has 0 aromatic carbocycles. The molecule has 0 spiro atoms. The van der Waals surface area contributed by atoms with Crippen LogP contribution < -0.4 is 0 Å². The van der Waals surface area contributed by atoms with Crippen LogP contribution in [0.25, 0.3) is 0 Å². The van der Waals surface area contributed by atoms with Crippen LogP contribution in [0.4, 0.5) is 0 Å². The molecule has 1 aromatic rings. The van der Waals surface area contributed by atoms with Crippen LogP contribution in [0.5, 0.6) is 0 Å². The number of nitrogens with zero attached hydrogens (tertiary/aromatic N) is 2. The van der Waals surface area contributed by atoms with Crippen LogP contribution in [0.15, 0.2) is 12.4 Å². The van der Waals surface area contributed by atoms with E-state index >= 15 is 0 Å². The van der Waals surface area contributed by atoms with Crippen molar-refractivity contribution in [2.24, 2.45) is 13.0 Å². The minimum atomic E-state index is -0.875. The smallest absolute Gasteiger partial charge is 0.306 e. The average molecular weight is 212 g/mol. The predicted octanol–water partition coefficient (Wildman–Crippen LogP) is 0.434. The summed E-state index contributed by atoms with van der Waals surface area (Å²) < 4.78 is 1.64. The van der Waals surface area contributed by atoms with Gasteiger partial charge in [0.15, 0.2) is 0 Å². The molecule has 1 heterocycles. The van der Waals surface area contributed by atoms with E-state index < -0.39 is 18.0 Å². The maximum absolute atomic E-state index is 10.9. The lowest BCUT2D eigenvalue weighted by Crippen LogP contribution is -2.21. The second-order valence-corrected chi connectivity index (χ2v) is 3.85. The Labute approximate surface area is 88.3 Å². The van der Waals surface area contributed by atoms with E-state index in [4.69, 9.17) is 5.11 Å². The van der Waals surface area contributed by atoms with Gasteiger partial charge in [0.05, 0.1) is 18.2 Å². The zero-order valence-corrected chi connectivity index (χ0v) is 8.92. The Balaban J connectivity index is 2.62. The second-order valence-electron chi connectivity index (χ2n) is 3.85. The molecule has 0 aliphatic heterocycles. The van der Waals surface area contributed by atoms with Crippen molar-refractivity contribution in [3.8, 4) is 0 Å². The predicted molar refractivity (Wildman–Crippen MR) is 54.3 cm³/mol. The summed E-state index contributed by atoms with van der Waals surface area (Å²) in [6, 6.07) is 0. The molecule has 1 rings (SSSR count). The summed E-state index contributed by atoms with van der Waals surface area (Å²) in [6.07, 6.45) is 3.52. The number of hydrogen-bond acceptors (Lipinski definition) is 3. The quantitative estimate of drug-likeness (QED) is 0.742.